The fourth-order valence-electron chi connectivity index (χ4n) is 2.12. The second-order valence-corrected chi connectivity index (χ2v) is 8.24. The van der Waals surface area contributed by atoms with Crippen molar-refractivity contribution in [3.63, 3.8) is 0 Å². The van der Waals surface area contributed by atoms with Gasteiger partial charge in [-0.25, -0.2) is 8.42 Å². The van der Waals surface area contributed by atoms with Crippen molar-refractivity contribution >= 4 is 21.4 Å². The molecule has 1 aliphatic carbocycles. The summed E-state index contributed by atoms with van der Waals surface area (Å²) in [5.41, 5.74) is 0. The highest BCUT2D eigenvalue weighted by atomic mass is 32.2. The molecule has 1 fully saturated rings. The predicted molar refractivity (Wildman–Crippen MR) is 83.5 cm³/mol. The molecule has 1 aromatic heterocycles. The van der Waals surface area contributed by atoms with E-state index in [2.05, 4.69) is 5.32 Å². The van der Waals surface area contributed by atoms with Gasteiger partial charge in [0.1, 0.15) is 0 Å². The third kappa shape index (κ3) is 4.04. The Kier molecular flexibility index (Phi) is 5.60. The zero-order valence-corrected chi connectivity index (χ0v) is 13.9. The Hall–Kier alpha value is -0.430. The van der Waals surface area contributed by atoms with Gasteiger partial charge in [-0.05, 0) is 31.7 Å². The van der Waals surface area contributed by atoms with Crippen LogP contribution in [0.4, 0.5) is 0 Å². The lowest BCUT2D eigenvalue weighted by Crippen LogP contribution is -2.32. The SMILES string of the molecule is CCCN(CCC)S(=O)(=O)c1csc(CNC2CC2)c1. The van der Waals surface area contributed by atoms with Crippen molar-refractivity contribution < 1.29 is 8.42 Å². The van der Waals surface area contributed by atoms with Crippen LogP contribution in [0.3, 0.4) is 0 Å². The minimum Gasteiger partial charge on any atom is -0.309 e. The number of thiophene rings is 1. The first-order valence-electron chi connectivity index (χ1n) is 7.38. The molecule has 0 spiro atoms. The summed E-state index contributed by atoms with van der Waals surface area (Å²) < 4.78 is 26.8. The number of nitrogens with one attached hydrogen (secondary N) is 1. The zero-order valence-electron chi connectivity index (χ0n) is 12.3. The van der Waals surface area contributed by atoms with Crippen molar-refractivity contribution in [2.45, 2.75) is 57.0 Å². The monoisotopic (exact) mass is 316 g/mol. The van der Waals surface area contributed by atoms with Crippen LogP contribution in [-0.2, 0) is 16.6 Å². The standard InChI is InChI=1S/C14H24N2O2S2/c1-3-7-16(8-4-2)20(17,18)14-9-13(19-11-14)10-15-12-5-6-12/h9,11-12,15H,3-8,10H2,1-2H3. The van der Waals surface area contributed by atoms with Crippen molar-refractivity contribution in [1.82, 2.24) is 9.62 Å². The molecule has 1 aromatic rings. The van der Waals surface area contributed by atoms with Crippen molar-refractivity contribution in [2.24, 2.45) is 0 Å². The van der Waals surface area contributed by atoms with Gasteiger partial charge in [-0.2, -0.15) is 4.31 Å². The fourth-order valence-corrected chi connectivity index (χ4v) is 4.96. The molecule has 114 valence electrons. The van der Waals surface area contributed by atoms with Crippen LogP contribution in [0.5, 0.6) is 0 Å². The molecule has 0 aromatic carbocycles. The van der Waals surface area contributed by atoms with Crippen LogP contribution < -0.4 is 5.32 Å². The van der Waals surface area contributed by atoms with Crippen LogP contribution in [-0.4, -0.2) is 31.9 Å². The first kappa shape index (κ1) is 15.9. The number of hydrogen-bond donors (Lipinski definition) is 1. The third-order valence-corrected chi connectivity index (χ3v) is 6.32. The van der Waals surface area contributed by atoms with Gasteiger partial charge in [0, 0.05) is 35.9 Å². The molecular weight excluding hydrogens is 292 g/mol. The summed E-state index contributed by atoms with van der Waals surface area (Å²) in [6, 6.07) is 2.47. The van der Waals surface area contributed by atoms with E-state index >= 15 is 0 Å². The molecule has 0 bridgehead atoms. The van der Waals surface area contributed by atoms with Gasteiger partial charge in [-0.3, -0.25) is 0 Å². The van der Waals surface area contributed by atoms with Crippen molar-refractivity contribution in [1.29, 1.82) is 0 Å². The van der Waals surface area contributed by atoms with Crippen molar-refractivity contribution in [2.75, 3.05) is 13.1 Å². The summed E-state index contributed by atoms with van der Waals surface area (Å²) >= 11 is 1.53. The van der Waals surface area contributed by atoms with E-state index in [4.69, 9.17) is 0 Å². The molecule has 4 nitrogen and oxygen atoms in total. The van der Waals surface area contributed by atoms with Crippen LogP contribution in [0.25, 0.3) is 0 Å². The summed E-state index contributed by atoms with van der Waals surface area (Å²) in [7, 11) is -3.31. The Bertz CT molecular complexity index is 515. The highest BCUT2D eigenvalue weighted by molar-refractivity contribution is 7.89. The predicted octanol–water partition coefficient (Wildman–Crippen LogP) is 2.81. The number of rotatable bonds is 9. The van der Waals surface area contributed by atoms with Gasteiger partial charge in [-0.1, -0.05) is 13.8 Å². The van der Waals surface area contributed by atoms with Gasteiger partial charge < -0.3 is 5.32 Å². The third-order valence-electron chi connectivity index (χ3n) is 3.36. The Morgan fingerprint density at radius 1 is 1.30 bits per heavy atom. The van der Waals surface area contributed by atoms with E-state index in [0.717, 1.165) is 24.3 Å². The average Bonchev–Trinajstić information content (AvgIpc) is 3.12. The molecule has 1 heterocycles. The molecule has 6 heteroatoms. The second kappa shape index (κ2) is 7.02. The largest absolute Gasteiger partial charge is 0.309 e. The van der Waals surface area contributed by atoms with Crippen LogP contribution in [0.2, 0.25) is 0 Å². The van der Waals surface area contributed by atoms with E-state index in [1.54, 1.807) is 9.69 Å². The minimum absolute atomic E-state index is 0.456. The lowest BCUT2D eigenvalue weighted by atomic mass is 10.4. The topological polar surface area (TPSA) is 49.4 Å². The summed E-state index contributed by atoms with van der Waals surface area (Å²) in [6.07, 6.45) is 4.19. The normalized spacial score (nSPS) is 15.9. The summed E-state index contributed by atoms with van der Waals surface area (Å²) in [5, 5.41) is 5.19. The van der Waals surface area contributed by atoms with E-state index in [1.807, 2.05) is 19.9 Å². The Labute approximate surface area is 126 Å². The quantitative estimate of drug-likeness (QED) is 0.762. The van der Waals surface area contributed by atoms with Gasteiger partial charge >= 0.3 is 0 Å². The molecule has 2 rings (SSSR count). The lowest BCUT2D eigenvalue weighted by Gasteiger charge is -2.20. The molecule has 0 unspecified atom stereocenters. The molecular formula is C14H24N2O2S2. The summed E-state index contributed by atoms with van der Waals surface area (Å²) in [4.78, 5) is 1.56. The fraction of sp³-hybridized carbons (Fsp3) is 0.714. The maximum Gasteiger partial charge on any atom is 0.243 e. The minimum atomic E-state index is -3.31. The molecule has 0 atom stereocenters. The first-order chi connectivity index (χ1) is 9.57. The van der Waals surface area contributed by atoms with Crippen LogP contribution in [0.1, 0.15) is 44.4 Å². The number of hydrogen-bond acceptors (Lipinski definition) is 4. The highest BCUT2D eigenvalue weighted by Crippen LogP contribution is 2.25. The molecule has 0 aliphatic heterocycles. The van der Waals surface area contributed by atoms with Crippen LogP contribution in [0.15, 0.2) is 16.3 Å². The first-order valence-corrected chi connectivity index (χ1v) is 9.70. The maximum atomic E-state index is 12.6. The average molecular weight is 316 g/mol. The maximum absolute atomic E-state index is 12.6. The van der Waals surface area contributed by atoms with Crippen LogP contribution >= 0.6 is 11.3 Å². The Morgan fingerprint density at radius 3 is 2.50 bits per heavy atom. The van der Waals surface area contributed by atoms with Crippen molar-refractivity contribution in [3.8, 4) is 0 Å². The van der Waals surface area contributed by atoms with E-state index < -0.39 is 10.0 Å². The molecule has 0 amide bonds. The lowest BCUT2D eigenvalue weighted by molar-refractivity contribution is 0.410. The zero-order chi connectivity index (χ0) is 14.6. The van der Waals surface area contributed by atoms with Gasteiger partial charge in [0.2, 0.25) is 10.0 Å². The molecule has 0 saturated heterocycles. The van der Waals surface area contributed by atoms with Crippen molar-refractivity contribution in [3.05, 3.63) is 16.3 Å². The molecule has 0 radical (unpaired) electrons. The van der Waals surface area contributed by atoms with Gasteiger partial charge in [0.15, 0.2) is 0 Å². The molecule has 1 N–H and O–H groups in total. The Balaban J connectivity index is 2.06. The molecule has 1 saturated carbocycles. The van der Waals surface area contributed by atoms with Crippen LogP contribution in [0, 0.1) is 0 Å². The van der Waals surface area contributed by atoms with E-state index in [0.29, 0.717) is 24.0 Å². The number of nitrogens with zero attached hydrogens (tertiary/aromatic N) is 1. The van der Waals surface area contributed by atoms with Gasteiger partial charge in [0.25, 0.3) is 0 Å². The number of sulfonamides is 1. The summed E-state index contributed by atoms with van der Waals surface area (Å²) in [6.45, 7) is 6.00. The molecule has 20 heavy (non-hydrogen) atoms. The summed E-state index contributed by atoms with van der Waals surface area (Å²) in [5.74, 6) is 0. The smallest absolute Gasteiger partial charge is 0.243 e. The molecule has 1 aliphatic rings. The van der Waals surface area contributed by atoms with Gasteiger partial charge in [0.05, 0.1) is 4.90 Å². The van der Waals surface area contributed by atoms with E-state index in [1.165, 1.54) is 24.2 Å². The second-order valence-electron chi connectivity index (χ2n) is 5.31. The van der Waals surface area contributed by atoms with Gasteiger partial charge in [-0.15, -0.1) is 11.3 Å². The Morgan fingerprint density at radius 2 is 1.95 bits per heavy atom. The van der Waals surface area contributed by atoms with E-state index in [9.17, 15) is 8.42 Å². The van der Waals surface area contributed by atoms with E-state index in [-0.39, 0.29) is 0 Å². The highest BCUT2D eigenvalue weighted by Gasteiger charge is 2.25.